The molecule has 1 aliphatic heterocycles. The normalized spacial score (nSPS) is 27.8. The molecule has 86 valence electrons. The Labute approximate surface area is 88.0 Å². The van der Waals surface area contributed by atoms with Crippen molar-refractivity contribution in [2.24, 2.45) is 5.73 Å². The first-order chi connectivity index (χ1) is 6.97. The van der Waals surface area contributed by atoms with Crippen LogP contribution in [0.5, 0.6) is 0 Å². The second-order valence-electron chi connectivity index (χ2n) is 3.73. The molecule has 15 heavy (non-hydrogen) atoms. The molecule has 2 unspecified atom stereocenters. The van der Waals surface area contributed by atoms with Crippen molar-refractivity contribution in [1.82, 2.24) is 4.90 Å². The van der Waals surface area contributed by atoms with Gasteiger partial charge < -0.3 is 20.5 Å². The molecule has 0 aliphatic carbocycles. The number of nitrogens with zero attached hydrogens (tertiary/aromatic N) is 1. The highest BCUT2D eigenvalue weighted by atomic mass is 16.5. The smallest absolute Gasteiger partial charge is 0.326 e. The molecular formula is C9H16N2O4. The van der Waals surface area contributed by atoms with Crippen molar-refractivity contribution < 1.29 is 19.4 Å². The van der Waals surface area contributed by atoms with Crippen LogP contribution in [0.1, 0.15) is 13.3 Å². The fourth-order valence-electron chi connectivity index (χ4n) is 1.71. The summed E-state index contributed by atoms with van der Waals surface area (Å²) in [6.45, 7) is 1.84. The third-order valence-corrected chi connectivity index (χ3v) is 2.55. The average Bonchev–Trinajstić information content (AvgIpc) is 2.60. The predicted octanol–water partition coefficient (Wildman–Crippen LogP) is -0.966. The van der Waals surface area contributed by atoms with E-state index < -0.39 is 18.1 Å². The minimum atomic E-state index is -1.01. The van der Waals surface area contributed by atoms with E-state index in [2.05, 4.69) is 0 Å². The van der Waals surface area contributed by atoms with Gasteiger partial charge in [-0.2, -0.15) is 0 Å². The fraction of sp³-hybridized carbons (Fsp3) is 0.778. The van der Waals surface area contributed by atoms with Crippen LogP contribution in [0.15, 0.2) is 0 Å². The van der Waals surface area contributed by atoms with Crippen molar-refractivity contribution in [3.05, 3.63) is 0 Å². The van der Waals surface area contributed by atoms with Gasteiger partial charge in [0.25, 0.3) is 0 Å². The lowest BCUT2D eigenvalue weighted by Crippen LogP contribution is -2.47. The van der Waals surface area contributed by atoms with Gasteiger partial charge in [-0.25, -0.2) is 4.79 Å². The molecule has 3 N–H and O–H groups in total. The number of aliphatic carboxylic acids is 1. The van der Waals surface area contributed by atoms with E-state index >= 15 is 0 Å². The van der Waals surface area contributed by atoms with E-state index in [9.17, 15) is 9.59 Å². The van der Waals surface area contributed by atoms with Gasteiger partial charge in [-0.1, -0.05) is 0 Å². The molecule has 1 amide bonds. The third-order valence-electron chi connectivity index (χ3n) is 2.55. The molecule has 6 nitrogen and oxygen atoms in total. The van der Waals surface area contributed by atoms with Crippen LogP contribution in [0.2, 0.25) is 0 Å². The highest BCUT2D eigenvalue weighted by molar-refractivity contribution is 5.87. The maximum Gasteiger partial charge on any atom is 0.326 e. The first-order valence-electron chi connectivity index (χ1n) is 4.79. The summed E-state index contributed by atoms with van der Waals surface area (Å²) in [5, 5.41) is 8.94. The van der Waals surface area contributed by atoms with Crippen molar-refractivity contribution in [2.45, 2.75) is 31.5 Å². The number of carboxylic acids is 1. The number of likely N-dealkylation sites (tertiary alicyclic amines) is 1. The summed E-state index contributed by atoms with van der Waals surface area (Å²) >= 11 is 0. The van der Waals surface area contributed by atoms with Gasteiger partial charge in [-0.05, 0) is 6.92 Å². The molecule has 3 atom stereocenters. The van der Waals surface area contributed by atoms with Crippen molar-refractivity contribution >= 4 is 11.9 Å². The Morgan fingerprint density at radius 2 is 2.20 bits per heavy atom. The number of nitrogens with two attached hydrogens (primary N) is 1. The summed E-state index contributed by atoms with van der Waals surface area (Å²) < 4.78 is 5.05. The van der Waals surface area contributed by atoms with E-state index in [-0.39, 0.29) is 12.0 Å². The van der Waals surface area contributed by atoms with Gasteiger partial charge in [0.2, 0.25) is 5.91 Å². The molecule has 1 fully saturated rings. The zero-order chi connectivity index (χ0) is 11.6. The number of hydrogen-bond acceptors (Lipinski definition) is 4. The van der Waals surface area contributed by atoms with Crippen molar-refractivity contribution in [2.75, 3.05) is 13.7 Å². The minimum absolute atomic E-state index is 0.214. The zero-order valence-corrected chi connectivity index (χ0v) is 8.84. The average molecular weight is 216 g/mol. The Morgan fingerprint density at radius 1 is 1.60 bits per heavy atom. The van der Waals surface area contributed by atoms with E-state index in [1.54, 1.807) is 6.92 Å². The van der Waals surface area contributed by atoms with Crippen LogP contribution in [-0.4, -0.2) is 53.7 Å². The van der Waals surface area contributed by atoms with Gasteiger partial charge in [0.05, 0.1) is 12.1 Å². The number of carbonyl (C=O) groups is 2. The second-order valence-corrected chi connectivity index (χ2v) is 3.73. The Hall–Kier alpha value is -1.14. The molecule has 0 aromatic carbocycles. The number of carbonyl (C=O) groups excluding carboxylic acids is 1. The monoisotopic (exact) mass is 216 g/mol. The molecule has 1 saturated heterocycles. The van der Waals surface area contributed by atoms with Gasteiger partial charge in [-0.3, -0.25) is 4.79 Å². The fourth-order valence-corrected chi connectivity index (χ4v) is 1.71. The first kappa shape index (κ1) is 11.9. The lowest BCUT2D eigenvalue weighted by atomic mass is 10.2. The van der Waals surface area contributed by atoms with Crippen LogP contribution in [0, 0.1) is 0 Å². The molecule has 6 heteroatoms. The Balaban J connectivity index is 2.77. The summed E-state index contributed by atoms with van der Waals surface area (Å²) in [6.07, 6.45) is 0.110. The number of hydrogen-bond donors (Lipinski definition) is 2. The number of amides is 1. The molecule has 0 bridgehead atoms. The minimum Gasteiger partial charge on any atom is -0.480 e. The summed E-state index contributed by atoms with van der Waals surface area (Å²) in [6, 6.07) is -1.49. The van der Waals surface area contributed by atoms with Gasteiger partial charge in [0, 0.05) is 20.1 Å². The Morgan fingerprint density at radius 3 is 2.60 bits per heavy atom. The molecule has 0 aromatic rings. The summed E-state index contributed by atoms with van der Waals surface area (Å²) in [5.74, 6) is -1.36. The van der Waals surface area contributed by atoms with E-state index in [1.807, 2.05) is 0 Å². The van der Waals surface area contributed by atoms with E-state index in [0.29, 0.717) is 13.0 Å². The molecule has 0 spiro atoms. The molecule has 1 rings (SSSR count). The summed E-state index contributed by atoms with van der Waals surface area (Å²) in [4.78, 5) is 23.8. The van der Waals surface area contributed by atoms with Crippen LogP contribution in [0.3, 0.4) is 0 Å². The van der Waals surface area contributed by atoms with E-state index in [1.165, 1.54) is 12.0 Å². The maximum absolute atomic E-state index is 11.6. The van der Waals surface area contributed by atoms with Crippen LogP contribution < -0.4 is 5.73 Å². The largest absolute Gasteiger partial charge is 0.480 e. The van der Waals surface area contributed by atoms with Crippen molar-refractivity contribution in [3.8, 4) is 0 Å². The van der Waals surface area contributed by atoms with Crippen LogP contribution in [-0.2, 0) is 14.3 Å². The maximum atomic E-state index is 11.6. The van der Waals surface area contributed by atoms with Crippen LogP contribution in [0.4, 0.5) is 0 Å². The second kappa shape index (κ2) is 4.59. The highest BCUT2D eigenvalue weighted by Crippen LogP contribution is 2.20. The molecule has 0 aromatic heterocycles. The number of rotatable bonds is 3. The molecule has 1 heterocycles. The van der Waals surface area contributed by atoms with Gasteiger partial charge >= 0.3 is 5.97 Å². The van der Waals surface area contributed by atoms with Crippen LogP contribution >= 0.6 is 0 Å². The highest BCUT2D eigenvalue weighted by Gasteiger charge is 2.40. The van der Waals surface area contributed by atoms with E-state index in [0.717, 1.165) is 0 Å². The van der Waals surface area contributed by atoms with Gasteiger partial charge in [-0.15, -0.1) is 0 Å². The zero-order valence-electron chi connectivity index (χ0n) is 8.84. The summed E-state index contributed by atoms with van der Waals surface area (Å²) in [5.41, 5.74) is 5.44. The number of carboxylic acid groups (broad SMARTS) is 1. The first-order valence-corrected chi connectivity index (χ1v) is 4.79. The van der Waals surface area contributed by atoms with Crippen molar-refractivity contribution in [1.29, 1.82) is 0 Å². The molecule has 1 aliphatic rings. The number of methoxy groups -OCH3 is 1. The lowest BCUT2D eigenvalue weighted by molar-refractivity contribution is -0.148. The van der Waals surface area contributed by atoms with Crippen molar-refractivity contribution in [3.63, 3.8) is 0 Å². The standard InChI is InChI=1S/C9H16N2O4/c1-5(10)8(12)11-4-6(15-2)3-7(11)9(13)14/h5-7H,3-4,10H2,1-2H3,(H,13,14)/t5-,6?,7?/m0/s1. The number of ether oxygens (including phenoxy) is 1. The predicted molar refractivity (Wildman–Crippen MR) is 52.2 cm³/mol. The summed E-state index contributed by atoms with van der Waals surface area (Å²) in [7, 11) is 1.50. The Kier molecular flexibility index (Phi) is 3.65. The third kappa shape index (κ3) is 2.45. The quantitative estimate of drug-likeness (QED) is 0.633. The molecule has 0 radical (unpaired) electrons. The van der Waals surface area contributed by atoms with Gasteiger partial charge in [0.15, 0.2) is 0 Å². The van der Waals surface area contributed by atoms with Gasteiger partial charge in [0.1, 0.15) is 6.04 Å². The van der Waals surface area contributed by atoms with E-state index in [4.69, 9.17) is 15.6 Å². The molecular weight excluding hydrogens is 200 g/mol. The molecule has 0 saturated carbocycles. The Bertz CT molecular complexity index is 267. The topological polar surface area (TPSA) is 92.9 Å². The lowest BCUT2D eigenvalue weighted by Gasteiger charge is -2.22. The SMILES string of the molecule is COC1CC(C(=O)O)N(C(=O)[C@H](C)N)C1. The van der Waals surface area contributed by atoms with Crippen LogP contribution in [0.25, 0.3) is 0 Å².